The van der Waals surface area contributed by atoms with Gasteiger partial charge in [-0.2, -0.15) is 0 Å². The molecule has 2 aliphatic heterocycles. The maximum atomic E-state index is 8.95. The normalized spacial score (nSPS) is 31.6. The van der Waals surface area contributed by atoms with Crippen molar-refractivity contribution in [2.75, 3.05) is 52.4 Å². The van der Waals surface area contributed by atoms with Crippen LogP contribution < -0.4 is 5.32 Å². The van der Waals surface area contributed by atoms with Gasteiger partial charge in [-0.1, -0.05) is 13.8 Å². The molecule has 4 heteroatoms. The minimum atomic E-state index is 0.291. The molecule has 1 unspecified atom stereocenters. The van der Waals surface area contributed by atoms with Gasteiger partial charge < -0.3 is 10.4 Å². The molecule has 0 radical (unpaired) electrons. The van der Waals surface area contributed by atoms with Crippen molar-refractivity contribution in [1.29, 1.82) is 0 Å². The minimum Gasteiger partial charge on any atom is -0.395 e. The molecular weight excluding hydrogens is 214 g/mol. The smallest absolute Gasteiger partial charge is 0.0558 e. The molecule has 0 amide bonds. The summed E-state index contributed by atoms with van der Waals surface area (Å²) in [6.45, 7) is 12.7. The monoisotopic (exact) mass is 241 g/mol. The molecule has 17 heavy (non-hydrogen) atoms. The van der Waals surface area contributed by atoms with Gasteiger partial charge in [-0.05, 0) is 18.4 Å². The second kappa shape index (κ2) is 5.65. The van der Waals surface area contributed by atoms with Crippen LogP contribution in [-0.4, -0.2) is 73.4 Å². The number of nitrogens with zero attached hydrogens (tertiary/aromatic N) is 2. The predicted molar refractivity (Wildman–Crippen MR) is 70.2 cm³/mol. The number of nitrogens with one attached hydrogen (secondary N) is 1. The number of aliphatic hydroxyl groups is 1. The van der Waals surface area contributed by atoms with Crippen molar-refractivity contribution in [3.8, 4) is 0 Å². The highest BCUT2D eigenvalue weighted by Crippen LogP contribution is 2.30. The molecule has 1 atom stereocenters. The lowest BCUT2D eigenvalue weighted by Gasteiger charge is -2.48. The van der Waals surface area contributed by atoms with Crippen LogP contribution in [0.2, 0.25) is 0 Å². The molecule has 0 aromatic carbocycles. The lowest BCUT2D eigenvalue weighted by Crippen LogP contribution is -2.59. The maximum Gasteiger partial charge on any atom is 0.0558 e. The summed E-state index contributed by atoms with van der Waals surface area (Å²) in [5, 5.41) is 12.5. The van der Waals surface area contributed by atoms with Gasteiger partial charge in [0.25, 0.3) is 0 Å². The number of hydrogen-bond donors (Lipinski definition) is 2. The molecule has 2 fully saturated rings. The Hall–Kier alpha value is -0.160. The molecule has 0 aliphatic carbocycles. The molecular formula is C13H27N3O. The van der Waals surface area contributed by atoms with E-state index in [2.05, 4.69) is 29.0 Å². The van der Waals surface area contributed by atoms with Crippen LogP contribution in [0.1, 0.15) is 20.3 Å². The zero-order valence-corrected chi connectivity index (χ0v) is 11.3. The average Bonchev–Trinajstić information content (AvgIpc) is 2.30. The molecule has 4 nitrogen and oxygen atoms in total. The van der Waals surface area contributed by atoms with Gasteiger partial charge in [0.2, 0.25) is 0 Å². The van der Waals surface area contributed by atoms with E-state index in [0.29, 0.717) is 12.0 Å². The van der Waals surface area contributed by atoms with E-state index in [1.165, 1.54) is 6.42 Å². The molecule has 0 bridgehead atoms. The Morgan fingerprint density at radius 2 is 1.94 bits per heavy atom. The predicted octanol–water partition coefficient (Wildman–Crippen LogP) is -0.0156. The number of piperazine rings is 1. The fraction of sp³-hybridized carbons (Fsp3) is 1.00. The molecule has 2 heterocycles. The fourth-order valence-corrected chi connectivity index (χ4v) is 3.27. The number of aliphatic hydroxyl groups excluding tert-OH is 1. The highest BCUT2D eigenvalue weighted by Gasteiger charge is 2.37. The molecule has 2 saturated heterocycles. The average molecular weight is 241 g/mol. The van der Waals surface area contributed by atoms with Crippen LogP contribution >= 0.6 is 0 Å². The van der Waals surface area contributed by atoms with Crippen molar-refractivity contribution in [2.24, 2.45) is 5.41 Å². The highest BCUT2D eigenvalue weighted by molar-refractivity contribution is 4.93. The summed E-state index contributed by atoms with van der Waals surface area (Å²) in [5.41, 5.74) is 0.386. The van der Waals surface area contributed by atoms with Crippen molar-refractivity contribution in [3.05, 3.63) is 0 Å². The highest BCUT2D eigenvalue weighted by atomic mass is 16.3. The number of rotatable bonds is 3. The molecule has 2 rings (SSSR count). The van der Waals surface area contributed by atoms with Gasteiger partial charge in [-0.15, -0.1) is 0 Å². The summed E-state index contributed by atoms with van der Waals surface area (Å²) >= 11 is 0. The Bertz CT molecular complexity index is 237. The van der Waals surface area contributed by atoms with Crippen LogP contribution in [0, 0.1) is 5.41 Å². The first kappa shape index (κ1) is 13.3. The Morgan fingerprint density at radius 3 is 2.53 bits per heavy atom. The van der Waals surface area contributed by atoms with Crippen LogP contribution in [0.5, 0.6) is 0 Å². The number of β-amino-alcohol motifs (C(OH)–C–C–N with tert-alkyl or cyclic N) is 1. The quantitative estimate of drug-likeness (QED) is 0.729. The van der Waals surface area contributed by atoms with E-state index in [-0.39, 0.29) is 0 Å². The van der Waals surface area contributed by atoms with E-state index in [1.54, 1.807) is 0 Å². The topological polar surface area (TPSA) is 38.7 Å². The summed E-state index contributed by atoms with van der Waals surface area (Å²) in [7, 11) is 0. The van der Waals surface area contributed by atoms with Gasteiger partial charge in [-0.3, -0.25) is 9.80 Å². The molecule has 2 N–H and O–H groups in total. The van der Waals surface area contributed by atoms with Gasteiger partial charge in [0.05, 0.1) is 6.61 Å². The molecule has 0 aromatic rings. The van der Waals surface area contributed by atoms with Crippen LogP contribution in [0.25, 0.3) is 0 Å². The molecule has 0 spiro atoms. The summed E-state index contributed by atoms with van der Waals surface area (Å²) in [4.78, 5) is 5.03. The van der Waals surface area contributed by atoms with Gasteiger partial charge in [-0.25, -0.2) is 0 Å². The van der Waals surface area contributed by atoms with Crippen LogP contribution in [0.4, 0.5) is 0 Å². The van der Waals surface area contributed by atoms with E-state index < -0.39 is 0 Å². The Labute approximate surface area is 105 Å². The first-order valence-corrected chi connectivity index (χ1v) is 6.91. The van der Waals surface area contributed by atoms with Crippen LogP contribution in [0.15, 0.2) is 0 Å². The van der Waals surface area contributed by atoms with E-state index >= 15 is 0 Å². The molecule has 0 aromatic heterocycles. The van der Waals surface area contributed by atoms with Crippen molar-refractivity contribution < 1.29 is 5.11 Å². The van der Waals surface area contributed by atoms with Crippen molar-refractivity contribution in [3.63, 3.8) is 0 Å². The van der Waals surface area contributed by atoms with Crippen molar-refractivity contribution >= 4 is 0 Å². The SMILES string of the molecule is CC1(C)CNCCC1N1CCN(CCO)CC1. The van der Waals surface area contributed by atoms with Crippen molar-refractivity contribution in [2.45, 2.75) is 26.3 Å². The Kier molecular flexibility index (Phi) is 4.42. The lowest BCUT2D eigenvalue weighted by molar-refractivity contribution is 0.0176. The third-order valence-corrected chi connectivity index (χ3v) is 4.34. The zero-order valence-electron chi connectivity index (χ0n) is 11.3. The first-order chi connectivity index (χ1) is 8.13. The lowest BCUT2D eigenvalue weighted by atomic mass is 9.79. The largest absolute Gasteiger partial charge is 0.395 e. The first-order valence-electron chi connectivity index (χ1n) is 6.91. The standard InChI is InChI=1S/C13H27N3O/c1-13(2)11-14-4-3-12(13)16-7-5-15(6-8-16)9-10-17/h12,14,17H,3-11H2,1-2H3. The molecule has 100 valence electrons. The van der Waals surface area contributed by atoms with Gasteiger partial charge in [0.1, 0.15) is 0 Å². The van der Waals surface area contributed by atoms with Crippen LogP contribution in [-0.2, 0) is 0 Å². The number of hydrogen-bond acceptors (Lipinski definition) is 4. The van der Waals surface area contributed by atoms with Gasteiger partial charge in [0.15, 0.2) is 0 Å². The third-order valence-electron chi connectivity index (χ3n) is 4.34. The Balaban J connectivity index is 1.87. The van der Waals surface area contributed by atoms with E-state index in [0.717, 1.165) is 51.9 Å². The van der Waals surface area contributed by atoms with E-state index in [4.69, 9.17) is 5.11 Å². The van der Waals surface area contributed by atoms with Crippen LogP contribution in [0.3, 0.4) is 0 Å². The Morgan fingerprint density at radius 1 is 1.24 bits per heavy atom. The fourth-order valence-electron chi connectivity index (χ4n) is 3.27. The summed E-state index contributed by atoms with van der Waals surface area (Å²) < 4.78 is 0. The van der Waals surface area contributed by atoms with Gasteiger partial charge in [0, 0.05) is 45.3 Å². The van der Waals surface area contributed by atoms with E-state index in [1.807, 2.05) is 0 Å². The molecule has 2 aliphatic rings. The summed E-state index contributed by atoms with van der Waals surface area (Å²) in [6, 6.07) is 0.722. The second-order valence-electron chi connectivity index (χ2n) is 6.07. The number of piperidine rings is 1. The van der Waals surface area contributed by atoms with Gasteiger partial charge >= 0.3 is 0 Å². The van der Waals surface area contributed by atoms with Crippen molar-refractivity contribution in [1.82, 2.24) is 15.1 Å². The minimum absolute atomic E-state index is 0.291. The van der Waals surface area contributed by atoms with E-state index in [9.17, 15) is 0 Å². The third kappa shape index (κ3) is 3.19. The molecule has 0 saturated carbocycles. The summed E-state index contributed by atoms with van der Waals surface area (Å²) in [5.74, 6) is 0. The summed E-state index contributed by atoms with van der Waals surface area (Å²) in [6.07, 6.45) is 1.27. The second-order valence-corrected chi connectivity index (χ2v) is 6.07. The zero-order chi connectivity index (χ0) is 12.3. The maximum absolute atomic E-state index is 8.95.